The van der Waals surface area contributed by atoms with E-state index in [1.54, 1.807) is 0 Å². The summed E-state index contributed by atoms with van der Waals surface area (Å²) < 4.78 is 0. The predicted molar refractivity (Wildman–Crippen MR) is 43.3 cm³/mol. The number of hydrogen-bond acceptors (Lipinski definition) is 3. The highest BCUT2D eigenvalue weighted by Crippen LogP contribution is 2.07. The molecule has 0 saturated carbocycles. The van der Waals surface area contributed by atoms with Gasteiger partial charge in [-0.3, -0.25) is 4.79 Å². The molecule has 60 valence electrons. The molecule has 0 aliphatic carbocycles. The Morgan fingerprint density at radius 2 is 2.30 bits per heavy atom. The van der Waals surface area contributed by atoms with Crippen molar-refractivity contribution in [2.24, 2.45) is 5.73 Å². The van der Waals surface area contributed by atoms with E-state index in [4.69, 9.17) is 10.8 Å². The van der Waals surface area contributed by atoms with Crippen LogP contribution in [0.3, 0.4) is 0 Å². The van der Waals surface area contributed by atoms with Gasteiger partial charge in [-0.05, 0) is 6.42 Å². The molecule has 0 aromatic carbocycles. The molecule has 0 aliphatic heterocycles. The van der Waals surface area contributed by atoms with Gasteiger partial charge < -0.3 is 10.8 Å². The van der Waals surface area contributed by atoms with Crippen LogP contribution in [0.2, 0.25) is 0 Å². The van der Waals surface area contributed by atoms with Crippen LogP contribution in [-0.2, 0) is 4.79 Å². The van der Waals surface area contributed by atoms with Crippen LogP contribution in [0.5, 0.6) is 0 Å². The van der Waals surface area contributed by atoms with Gasteiger partial charge in [0.05, 0.1) is 0 Å². The van der Waals surface area contributed by atoms with Gasteiger partial charge in [0.15, 0.2) is 0 Å². The topological polar surface area (TPSA) is 63.3 Å². The van der Waals surface area contributed by atoms with E-state index in [1.165, 1.54) is 0 Å². The molecule has 0 amide bonds. The summed E-state index contributed by atoms with van der Waals surface area (Å²) in [6.45, 7) is 1.97. The van der Waals surface area contributed by atoms with Crippen LogP contribution in [0.4, 0.5) is 0 Å². The molecule has 0 bridgehead atoms. The van der Waals surface area contributed by atoms with Crippen molar-refractivity contribution in [3.63, 3.8) is 0 Å². The molecule has 0 aliphatic rings. The predicted octanol–water partition coefficient (Wildman–Crippen LogP) is 0.497. The first-order valence-electron chi connectivity index (χ1n) is 3.26. The number of carboxylic acid groups (broad SMARTS) is 1. The van der Waals surface area contributed by atoms with Crippen molar-refractivity contribution >= 4 is 18.6 Å². The first kappa shape index (κ1) is 9.78. The molecule has 0 fully saturated rings. The molecule has 3 N–H and O–H groups in total. The minimum Gasteiger partial charge on any atom is -0.480 e. The number of rotatable bonds is 4. The number of carboxylic acids is 1. The van der Waals surface area contributed by atoms with E-state index in [2.05, 4.69) is 12.6 Å². The van der Waals surface area contributed by atoms with Crippen molar-refractivity contribution in [1.82, 2.24) is 0 Å². The summed E-state index contributed by atoms with van der Waals surface area (Å²) in [5, 5.41) is 8.19. The highest BCUT2D eigenvalue weighted by Gasteiger charge is 2.19. The zero-order chi connectivity index (χ0) is 8.15. The molecular weight excluding hydrogens is 150 g/mol. The Labute approximate surface area is 66.0 Å². The number of aliphatic carboxylic acids is 1. The fourth-order valence-electron chi connectivity index (χ4n) is 0.640. The third-order valence-corrected chi connectivity index (χ3v) is 1.86. The maximum atomic E-state index is 10.2. The van der Waals surface area contributed by atoms with Gasteiger partial charge in [-0.2, -0.15) is 12.6 Å². The van der Waals surface area contributed by atoms with Crippen molar-refractivity contribution in [3.05, 3.63) is 0 Å². The van der Waals surface area contributed by atoms with Gasteiger partial charge in [-0.1, -0.05) is 13.3 Å². The lowest BCUT2D eigenvalue weighted by Crippen LogP contribution is -2.38. The maximum Gasteiger partial charge on any atom is 0.321 e. The first-order valence-corrected chi connectivity index (χ1v) is 3.77. The molecule has 3 nitrogen and oxygen atoms in total. The molecule has 0 aromatic rings. The zero-order valence-corrected chi connectivity index (χ0v) is 6.84. The number of nitrogens with two attached hydrogens (primary N) is 1. The van der Waals surface area contributed by atoms with Crippen molar-refractivity contribution in [1.29, 1.82) is 0 Å². The van der Waals surface area contributed by atoms with Crippen molar-refractivity contribution < 1.29 is 9.90 Å². The summed E-state index contributed by atoms with van der Waals surface area (Å²) in [6, 6.07) is -0.830. The second-order valence-corrected chi connectivity index (χ2v) is 2.88. The van der Waals surface area contributed by atoms with Gasteiger partial charge in [0.25, 0.3) is 0 Å². The normalized spacial score (nSPS) is 16.3. The monoisotopic (exact) mass is 163 g/mol. The molecule has 0 heterocycles. The van der Waals surface area contributed by atoms with E-state index < -0.39 is 12.0 Å². The fraction of sp³-hybridized carbons (Fsp3) is 0.833. The van der Waals surface area contributed by atoms with Gasteiger partial charge in [-0.25, -0.2) is 0 Å². The van der Waals surface area contributed by atoms with Crippen LogP contribution >= 0.6 is 12.6 Å². The van der Waals surface area contributed by atoms with E-state index in [1.807, 2.05) is 6.92 Å². The average molecular weight is 163 g/mol. The Kier molecular flexibility index (Phi) is 4.47. The van der Waals surface area contributed by atoms with Crippen molar-refractivity contribution in [2.45, 2.75) is 31.1 Å². The minimum atomic E-state index is -0.978. The summed E-state index contributed by atoms with van der Waals surface area (Å²) in [5.41, 5.74) is 5.27. The van der Waals surface area contributed by atoms with Crippen LogP contribution in [-0.4, -0.2) is 22.4 Å². The van der Waals surface area contributed by atoms with Crippen LogP contribution in [0.25, 0.3) is 0 Å². The Morgan fingerprint density at radius 3 is 2.60 bits per heavy atom. The molecule has 0 rings (SSSR count). The van der Waals surface area contributed by atoms with E-state index >= 15 is 0 Å². The molecule has 0 aromatic heterocycles. The lowest BCUT2D eigenvalue weighted by atomic mass is 10.1. The highest BCUT2D eigenvalue weighted by atomic mass is 32.1. The summed E-state index contributed by atoms with van der Waals surface area (Å²) in [6.07, 6.45) is 1.66. The molecule has 0 spiro atoms. The van der Waals surface area contributed by atoms with Crippen LogP contribution in [0.15, 0.2) is 0 Å². The maximum absolute atomic E-state index is 10.2. The third-order valence-electron chi connectivity index (χ3n) is 1.28. The largest absolute Gasteiger partial charge is 0.480 e. The SMILES string of the molecule is CCCC(S)[C@@H](N)C(=O)O. The van der Waals surface area contributed by atoms with Crippen LogP contribution in [0.1, 0.15) is 19.8 Å². The summed E-state index contributed by atoms with van der Waals surface area (Å²) >= 11 is 4.04. The Morgan fingerprint density at radius 1 is 1.80 bits per heavy atom. The highest BCUT2D eigenvalue weighted by molar-refractivity contribution is 7.81. The zero-order valence-electron chi connectivity index (χ0n) is 5.95. The van der Waals surface area contributed by atoms with E-state index in [-0.39, 0.29) is 5.25 Å². The van der Waals surface area contributed by atoms with Crippen LogP contribution < -0.4 is 5.73 Å². The molecule has 4 heteroatoms. The molecule has 0 radical (unpaired) electrons. The lowest BCUT2D eigenvalue weighted by Gasteiger charge is -2.12. The molecule has 10 heavy (non-hydrogen) atoms. The molecule has 2 atom stereocenters. The second kappa shape index (κ2) is 4.57. The Bertz CT molecular complexity index is 118. The fourth-order valence-corrected chi connectivity index (χ4v) is 1.03. The lowest BCUT2D eigenvalue weighted by molar-refractivity contribution is -0.138. The van der Waals surface area contributed by atoms with E-state index in [0.29, 0.717) is 0 Å². The van der Waals surface area contributed by atoms with Gasteiger partial charge in [0, 0.05) is 5.25 Å². The average Bonchev–Trinajstić information content (AvgIpc) is 1.87. The molecule has 0 saturated heterocycles. The van der Waals surface area contributed by atoms with Gasteiger partial charge in [-0.15, -0.1) is 0 Å². The number of thiol groups is 1. The standard InChI is InChI=1S/C6H13NO2S/c1-2-3-4(10)5(7)6(8)9/h4-5,10H,2-3,7H2,1H3,(H,8,9)/t4?,5-/m1/s1. The third kappa shape index (κ3) is 3.08. The molecular formula is C6H13NO2S. The van der Waals surface area contributed by atoms with Crippen molar-refractivity contribution in [3.8, 4) is 0 Å². The Hall–Kier alpha value is -0.220. The van der Waals surface area contributed by atoms with E-state index in [0.717, 1.165) is 12.8 Å². The summed E-state index contributed by atoms with van der Waals surface area (Å²) in [5.74, 6) is -0.978. The number of hydrogen-bond donors (Lipinski definition) is 3. The van der Waals surface area contributed by atoms with Crippen LogP contribution in [0, 0.1) is 0 Å². The van der Waals surface area contributed by atoms with Gasteiger partial charge in [0.1, 0.15) is 6.04 Å². The van der Waals surface area contributed by atoms with Crippen molar-refractivity contribution in [2.75, 3.05) is 0 Å². The van der Waals surface area contributed by atoms with E-state index in [9.17, 15) is 4.79 Å². The minimum absolute atomic E-state index is 0.220. The summed E-state index contributed by atoms with van der Waals surface area (Å²) in [7, 11) is 0. The second-order valence-electron chi connectivity index (χ2n) is 2.22. The number of carbonyl (C=O) groups is 1. The van der Waals surface area contributed by atoms with Gasteiger partial charge in [0.2, 0.25) is 0 Å². The Balaban J connectivity index is 3.69. The van der Waals surface area contributed by atoms with Gasteiger partial charge >= 0.3 is 5.97 Å². The summed E-state index contributed by atoms with van der Waals surface area (Å²) in [4.78, 5) is 10.2. The smallest absolute Gasteiger partial charge is 0.321 e. The first-order chi connectivity index (χ1) is 4.59. The quantitative estimate of drug-likeness (QED) is 0.529. The molecule has 1 unspecified atom stereocenters.